The van der Waals surface area contributed by atoms with Gasteiger partial charge in [0.05, 0.1) is 10.6 Å². The highest BCUT2D eigenvalue weighted by molar-refractivity contribution is 7.89. The number of hydrogen-bond acceptors (Lipinski definition) is 4. The minimum Gasteiger partial charge on any atom is -0.396 e. The lowest BCUT2D eigenvalue weighted by atomic mass is 10.2. The number of primary sulfonamides is 1. The lowest BCUT2D eigenvalue weighted by Gasteiger charge is -2.12. The highest BCUT2D eigenvalue weighted by Gasteiger charge is 2.11. The van der Waals surface area contributed by atoms with Gasteiger partial charge in [0.2, 0.25) is 10.0 Å². The van der Waals surface area contributed by atoms with E-state index in [0.29, 0.717) is 6.54 Å². The molecule has 0 heterocycles. The molecule has 0 fully saturated rings. The second kappa shape index (κ2) is 5.44. The lowest BCUT2D eigenvalue weighted by Crippen LogP contribution is -2.16. The van der Waals surface area contributed by atoms with Crippen molar-refractivity contribution in [3.63, 3.8) is 0 Å². The van der Waals surface area contributed by atoms with Crippen molar-refractivity contribution in [2.75, 3.05) is 18.5 Å². The predicted molar refractivity (Wildman–Crippen MR) is 62.5 cm³/mol. The van der Waals surface area contributed by atoms with E-state index in [1.54, 1.807) is 6.92 Å². The minimum absolute atomic E-state index is 0.0100. The Balaban J connectivity index is 2.84. The van der Waals surface area contributed by atoms with E-state index >= 15 is 0 Å². The third-order valence-electron chi connectivity index (χ3n) is 2.22. The van der Waals surface area contributed by atoms with Gasteiger partial charge in [0.25, 0.3) is 0 Å². The molecule has 0 spiro atoms. The van der Waals surface area contributed by atoms with Crippen LogP contribution in [0.2, 0.25) is 0 Å². The maximum atomic E-state index is 13.5. The number of aliphatic hydroxyl groups excluding tert-OH is 1. The van der Waals surface area contributed by atoms with Crippen molar-refractivity contribution >= 4 is 15.7 Å². The van der Waals surface area contributed by atoms with Crippen molar-refractivity contribution in [3.8, 4) is 0 Å². The van der Waals surface area contributed by atoms with E-state index in [2.05, 4.69) is 5.32 Å². The van der Waals surface area contributed by atoms with E-state index in [9.17, 15) is 12.8 Å². The number of hydrogen-bond donors (Lipinski definition) is 3. The summed E-state index contributed by atoms with van der Waals surface area (Å²) in [6.45, 7) is 2.18. The van der Waals surface area contributed by atoms with Crippen LogP contribution in [0.25, 0.3) is 0 Å². The fourth-order valence-corrected chi connectivity index (χ4v) is 1.69. The van der Waals surface area contributed by atoms with Crippen LogP contribution in [0, 0.1) is 11.7 Å². The van der Waals surface area contributed by atoms with E-state index in [-0.39, 0.29) is 23.1 Å². The Hall–Kier alpha value is -1.18. The molecule has 1 aromatic carbocycles. The zero-order valence-electron chi connectivity index (χ0n) is 9.35. The van der Waals surface area contributed by atoms with Crippen molar-refractivity contribution in [2.24, 2.45) is 11.1 Å². The Morgan fingerprint density at radius 1 is 1.53 bits per heavy atom. The van der Waals surface area contributed by atoms with Crippen LogP contribution in [0.1, 0.15) is 6.92 Å². The zero-order chi connectivity index (χ0) is 13.1. The Labute approximate surface area is 99.5 Å². The van der Waals surface area contributed by atoms with Gasteiger partial charge in [-0.2, -0.15) is 0 Å². The number of nitrogens with two attached hydrogens (primary N) is 1. The van der Waals surface area contributed by atoms with Gasteiger partial charge in [0.15, 0.2) is 0 Å². The topological polar surface area (TPSA) is 92.4 Å². The molecule has 1 unspecified atom stereocenters. The van der Waals surface area contributed by atoms with Crippen LogP contribution in [-0.2, 0) is 10.0 Å². The summed E-state index contributed by atoms with van der Waals surface area (Å²) in [5.41, 5.74) is 0.178. The molecule has 0 saturated carbocycles. The fourth-order valence-electron chi connectivity index (χ4n) is 1.16. The summed E-state index contributed by atoms with van der Waals surface area (Å²) in [5, 5.41) is 16.4. The quantitative estimate of drug-likeness (QED) is 0.721. The molecule has 0 aliphatic heterocycles. The van der Waals surface area contributed by atoms with Crippen molar-refractivity contribution in [1.82, 2.24) is 0 Å². The van der Waals surface area contributed by atoms with Gasteiger partial charge in [-0.25, -0.2) is 17.9 Å². The molecule has 96 valence electrons. The smallest absolute Gasteiger partial charge is 0.238 e. The first kappa shape index (κ1) is 13.9. The van der Waals surface area contributed by atoms with Crippen LogP contribution in [-0.4, -0.2) is 26.7 Å². The molecule has 4 N–H and O–H groups in total. The first-order chi connectivity index (χ1) is 7.84. The van der Waals surface area contributed by atoms with Gasteiger partial charge in [-0.1, -0.05) is 6.92 Å². The van der Waals surface area contributed by atoms with Crippen molar-refractivity contribution < 1.29 is 17.9 Å². The maximum Gasteiger partial charge on any atom is 0.238 e. The van der Waals surface area contributed by atoms with Crippen LogP contribution >= 0.6 is 0 Å². The van der Waals surface area contributed by atoms with Gasteiger partial charge in [-0.05, 0) is 24.1 Å². The Kier molecular flexibility index (Phi) is 4.44. The monoisotopic (exact) mass is 262 g/mol. The highest BCUT2D eigenvalue weighted by Crippen LogP contribution is 2.18. The summed E-state index contributed by atoms with van der Waals surface area (Å²) in [6.07, 6.45) is 0. The second-order valence-corrected chi connectivity index (χ2v) is 5.42. The Morgan fingerprint density at radius 3 is 2.65 bits per heavy atom. The van der Waals surface area contributed by atoms with Gasteiger partial charge >= 0.3 is 0 Å². The van der Waals surface area contributed by atoms with E-state index in [4.69, 9.17) is 10.2 Å². The number of nitrogens with one attached hydrogen (secondary N) is 1. The molecule has 7 heteroatoms. The van der Waals surface area contributed by atoms with Gasteiger partial charge in [-0.15, -0.1) is 0 Å². The van der Waals surface area contributed by atoms with E-state index in [1.165, 1.54) is 12.1 Å². The third-order valence-corrected chi connectivity index (χ3v) is 3.13. The average Bonchev–Trinajstić information content (AvgIpc) is 2.25. The normalized spacial score (nSPS) is 13.4. The molecule has 0 saturated heterocycles. The first-order valence-corrected chi connectivity index (χ1v) is 6.56. The zero-order valence-corrected chi connectivity index (χ0v) is 10.2. The van der Waals surface area contributed by atoms with Crippen LogP contribution < -0.4 is 10.5 Å². The number of halogens is 1. The molecule has 0 aromatic heterocycles. The molecule has 0 aliphatic rings. The molecule has 0 radical (unpaired) electrons. The summed E-state index contributed by atoms with van der Waals surface area (Å²) >= 11 is 0. The molecule has 0 aliphatic carbocycles. The average molecular weight is 262 g/mol. The van der Waals surface area contributed by atoms with E-state index in [0.717, 1.165) is 6.07 Å². The van der Waals surface area contributed by atoms with Gasteiger partial charge < -0.3 is 10.4 Å². The van der Waals surface area contributed by atoms with Crippen molar-refractivity contribution in [1.29, 1.82) is 0 Å². The van der Waals surface area contributed by atoms with Crippen LogP contribution in [0.3, 0.4) is 0 Å². The predicted octanol–water partition coefficient (Wildman–Crippen LogP) is 0.513. The largest absolute Gasteiger partial charge is 0.396 e. The summed E-state index contributed by atoms with van der Waals surface area (Å²) in [5.74, 6) is -0.714. The SMILES string of the molecule is CC(CO)CNc1ccc(S(N)(=O)=O)cc1F. The standard InChI is InChI=1S/C10H15FN2O3S/c1-7(6-14)5-13-10-3-2-8(4-9(10)11)17(12,15)16/h2-4,7,13-14H,5-6H2,1H3,(H2,12,15,16). The first-order valence-electron chi connectivity index (χ1n) is 5.01. The molecular formula is C10H15FN2O3S. The Bertz CT molecular complexity index is 490. The molecule has 1 aromatic rings. The highest BCUT2D eigenvalue weighted by atomic mass is 32.2. The number of sulfonamides is 1. The molecule has 1 atom stereocenters. The van der Waals surface area contributed by atoms with Crippen LogP contribution in [0.5, 0.6) is 0 Å². The minimum atomic E-state index is -3.89. The number of aliphatic hydroxyl groups is 1. The number of benzene rings is 1. The van der Waals surface area contributed by atoms with Gasteiger partial charge in [0, 0.05) is 13.2 Å². The molecule has 0 amide bonds. The Morgan fingerprint density at radius 2 is 2.18 bits per heavy atom. The van der Waals surface area contributed by atoms with Crippen LogP contribution in [0.15, 0.2) is 23.1 Å². The van der Waals surface area contributed by atoms with Gasteiger partial charge in [0.1, 0.15) is 5.82 Å². The van der Waals surface area contributed by atoms with Crippen molar-refractivity contribution in [3.05, 3.63) is 24.0 Å². The molecule has 5 nitrogen and oxygen atoms in total. The number of anilines is 1. The maximum absolute atomic E-state index is 13.5. The molecule has 17 heavy (non-hydrogen) atoms. The molecular weight excluding hydrogens is 247 g/mol. The fraction of sp³-hybridized carbons (Fsp3) is 0.400. The summed E-state index contributed by atoms with van der Waals surface area (Å²) in [6, 6.07) is 3.39. The summed E-state index contributed by atoms with van der Waals surface area (Å²) in [4.78, 5) is -0.268. The van der Waals surface area contributed by atoms with Crippen molar-refractivity contribution in [2.45, 2.75) is 11.8 Å². The van der Waals surface area contributed by atoms with E-state index < -0.39 is 15.8 Å². The number of rotatable bonds is 5. The summed E-state index contributed by atoms with van der Waals surface area (Å²) in [7, 11) is -3.89. The molecule has 0 bridgehead atoms. The lowest BCUT2D eigenvalue weighted by molar-refractivity contribution is 0.244. The van der Waals surface area contributed by atoms with E-state index in [1.807, 2.05) is 0 Å². The third kappa shape index (κ3) is 3.95. The van der Waals surface area contributed by atoms with Gasteiger partial charge in [-0.3, -0.25) is 0 Å². The molecule has 1 rings (SSSR count). The summed E-state index contributed by atoms with van der Waals surface area (Å²) < 4.78 is 35.4. The second-order valence-electron chi connectivity index (χ2n) is 3.86. The van der Waals surface area contributed by atoms with Crippen LogP contribution in [0.4, 0.5) is 10.1 Å².